The van der Waals surface area contributed by atoms with Gasteiger partial charge >= 0.3 is 0 Å². The Kier molecular flexibility index (Phi) is 6.06. The molecule has 0 unspecified atom stereocenters. The zero-order valence-corrected chi connectivity index (χ0v) is 24.3. The van der Waals surface area contributed by atoms with Crippen LogP contribution in [0.15, 0.2) is 54.1 Å². The Morgan fingerprint density at radius 2 is 1.62 bits per heavy atom. The number of phenols is 1. The maximum atomic E-state index is 13.9. The predicted octanol–water partition coefficient (Wildman–Crippen LogP) is 4.92. The molecular weight excluding hydrogens is 607 g/mol. The van der Waals surface area contributed by atoms with Gasteiger partial charge in [0.05, 0.1) is 23.0 Å². The number of hydrogen-bond acceptors (Lipinski definition) is 5. The van der Waals surface area contributed by atoms with Crippen LogP contribution in [0, 0.1) is 31.6 Å². The molecule has 4 aliphatic rings. The van der Waals surface area contributed by atoms with Gasteiger partial charge in [-0.25, -0.2) is 0 Å². The number of phenolic OH excluding ortho intramolecular Hbond substituents is 1. The average Bonchev–Trinajstić information content (AvgIpc) is 3.25. The van der Waals surface area contributed by atoms with Crippen molar-refractivity contribution in [1.29, 1.82) is 0 Å². The van der Waals surface area contributed by atoms with Crippen LogP contribution in [0.5, 0.6) is 5.75 Å². The van der Waals surface area contributed by atoms with Crippen molar-refractivity contribution in [2.45, 2.75) is 42.4 Å². The largest absolute Gasteiger partial charge is 0.507 e. The van der Waals surface area contributed by atoms with Crippen LogP contribution in [0.25, 0.3) is 0 Å². The molecule has 3 fully saturated rings. The molecule has 0 bridgehead atoms. The molecule has 10 heteroatoms. The van der Waals surface area contributed by atoms with Crippen LogP contribution in [0.3, 0.4) is 0 Å². The number of aryl methyl sites for hydroxylation is 2. The van der Waals surface area contributed by atoms with Crippen LogP contribution in [-0.4, -0.2) is 48.8 Å². The summed E-state index contributed by atoms with van der Waals surface area (Å²) >= 11 is 17.7. The van der Waals surface area contributed by atoms with Crippen molar-refractivity contribution in [3.05, 3.63) is 70.8 Å². The Balaban J connectivity index is 1.55. The van der Waals surface area contributed by atoms with Gasteiger partial charge in [0, 0.05) is 5.92 Å². The minimum Gasteiger partial charge on any atom is -0.507 e. The van der Waals surface area contributed by atoms with E-state index in [4.69, 9.17) is 23.2 Å². The maximum Gasteiger partial charge on any atom is 0.254 e. The van der Waals surface area contributed by atoms with Crippen molar-refractivity contribution >= 4 is 68.4 Å². The van der Waals surface area contributed by atoms with Gasteiger partial charge in [0.15, 0.2) is 9.75 Å². The first-order valence-corrected chi connectivity index (χ1v) is 14.6. The molecule has 1 saturated carbocycles. The normalized spacial score (nSPS) is 33.7. The summed E-state index contributed by atoms with van der Waals surface area (Å²) in [6, 6.07) is 12.3. The molecule has 2 aromatic carbocycles. The van der Waals surface area contributed by atoms with Crippen molar-refractivity contribution in [2.24, 2.45) is 17.8 Å². The van der Waals surface area contributed by atoms with E-state index in [-0.39, 0.29) is 29.4 Å². The van der Waals surface area contributed by atoms with Crippen LogP contribution in [-0.2, 0) is 19.2 Å². The number of allylic oxidation sites excluding steroid dienone is 2. The lowest BCUT2D eigenvalue weighted by Crippen LogP contribution is -2.60. The molecule has 0 aromatic heterocycles. The van der Waals surface area contributed by atoms with Gasteiger partial charge < -0.3 is 5.11 Å². The highest BCUT2D eigenvalue weighted by atomic mass is 79.9. The second-order valence-corrected chi connectivity index (χ2v) is 12.6. The molecule has 0 spiro atoms. The molecule has 2 aliphatic carbocycles. The minimum atomic E-state index is -1.87. The maximum absolute atomic E-state index is 13.9. The molecule has 7 nitrogen and oxygen atoms in total. The highest BCUT2D eigenvalue weighted by Gasteiger charge is 2.76. The third kappa shape index (κ3) is 3.34. The number of anilines is 1. The van der Waals surface area contributed by atoms with Crippen molar-refractivity contribution in [3.8, 4) is 5.75 Å². The standard InChI is InChI=1S/C29H25BrCl2N2O5/c1-14-10-16(11-15(2)23(14)35)22-18-8-9-19-21(25(37)34(24(19)36)17-6-4-3-5-7-17)20(18)12-28(31)26(38)33(13-30)27(39)29(22,28)32/h3-8,10-11,19-22,35H,9,12-13H2,1-2H3/t19-,20+,21-,22-,28+,29-/m0/s1. The Hall–Kier alpha value is -2.68. The van der Waals surface area contributed by atoms with Crippen molar-refractivity contribution < 1.29 is 24.3 Å². The van der Waals surface area contributed by atoms with Gasteiger partial charge in [0.25, 0.3) is 11.8 Å². The van der Waals surface area contributed by atoms with Crippen molar-refractivity contribution in [3.63, 3.8) is 0 Å². The number of carbonyl (C=O) groups excluding carboxylic acids is 4. The molecule has 1 N–H and O–H groups in total. The lowest BCUT2D eigenvalue weighted by molar-refractivity contribution is -0.138. The number of alkyl halides is 3. The van der Waals surface area contributed by atoms with E-state index in [0.29, 0.717) is 28.8 Å². The fraction of sp³-hybridized carbons (Fsp3) is 0.379. The third-order valence-electron chi connectivity index (χ3n) is 8.88. The number of nitrogens with zero attached hydrogens (tertiary/aromatic N) is 2. The Labute approximate surface area is 243 Å². The SMILES string of the molecule is Cc1cc([C@H]2C3=CC[C@@H]4C(=O)N(c5ccccc5)C(=O)[C@@H]4[C@@H]3C[C@@]3(Cl)C(=O)N(CBr)C(=O)[C@@]23Cl)cc(C)c1O. The summed E-state index contributed by atoms with van der Waals surface area (Å²) in [7, 11) is 0. The number of rotatable bonds is 3. The smallest absolute Gasteiger partial charge is 0.254 e. The predicted molar refractivity (Wildman–Crippen MR) is 150 cm³/mol. The van der Waals surface area contributed by atoms with Crippen LogP contribution in [0.1, 0.15) is 35.4 Å². The molecule has 2 heterocycles. The van der Waals surface area contributed by atoms with Crippen LogP contribution in [0.2, 0.25) is 0 Å². The first-order chi connectivity index (χ1) is 18.5. The molecule has 39 heavy (non-hydrogen) atoms. The summed E-state index contributed by atoms with van der Waals surface area (Å²) in [5, 5.41) is 10.5. The van der Waals surface area contributed by atoms with E-state index in [1.165, 1.54) is 4.90 Å². The van der Waals surface area contributed by atoms with E-state index in [0.717, 1.165) is 10.5 Å². The van der Waals surface area contributed by atoms with Gasteiger partial charge in [0.1, 0.15) is 5.75 Å². The van der Waals surface area contributed by atoms with Crippen molar-refractivity contribution in [2.75, 3.05) is 10.4 Å². The van der Waals surface area contributed by atoms with Gasteiger partial charge in [-0.15, -0.1) is 23.2 Å². The number of halogens is 3. The van der Waals surface area contributed by atoms with E-state index in [1.54, 1.807) is 50.2 Å². The zero-order valence-electron chi connectivity index (χ0n) is 21.2. The number of carbonyl (C=O) groups is 4. The number of para-hydroxylation sites is 1. The van der Waals surface area contributed by atoms with E-state index >= 15 is 0 Å². The quantitative estimate of drug-likeness (QED) is 0.225. The van der Waals surface area contributed by atoms with Crippen LogP contribution in [0.4, 0.5) is 5.69 Å². The number of aromatic hydroxyl groups is 1. The highest BCUT2D eigenvalue weighted by Crippen LogP contribution is 2.65. The van der Waals surface area contributed by atoms with Gasteiger partial charge in [-0.3, -0.25) is 29.0 Å². The van der Waals surface area contributed by atoms with Crippen LogP contribution < -0.4 is 4.90 Å². The Bertz CT molecular complexity index is 1470. The van der Waals surface area contributed by atoms with Gasteiger partial charge in [-0.05, 0) is 61.4 Å². The second kappa shape index (κ2) is 8.91. The number of amides is 4. The molecule has 6 atom stereocenters. The first-order valence-electron chi connectivity index (χ1n) is 12.7. The number of fused-ring (bicyclic) bond motifs is 4. The fourth-order valence-corrected chi connectivity index (χ4v) is 8.54. The van der Waals surface area contributed by atoms with Crippen LogP contribution >= 0.6 is 39.1 Å². The Morgan fingerprint density at radius 1 is 0.974 bits per heavy atom. The molecule has 202 valence electrons. The topological polar surface area (TPSA) is 95.0 Å². The second-order valence-electron chi connectivity index (χ2n) is 10.8. The van der Waals surface area contributed by atoms with E-state index in [9.17, 15) is 24.3 Å². The van der Waals surface area contributed by atoms with E-state index in [2.05, 4.69) is 15.9 Å². The third-order valence-corrected chi connectivity index (χ3v) is 10.8. The first kappa shape index (κ1) is 26.5. The highest BCUT2D eigenvalue weighted by molar-refractivity contribution is 9.09. The number of hydrogen-bond donors (Lipinski definition) is 1. The number of likely N-dealkylation sites (tertiary alicyclic amines) is 1. The molecular formula is C29H25BrCl2N2O5. The van der Waals surface area contributed by atoms with Gasteiger partial charge in [-0.2, -0.15) is 0 Å². The monoisotopic (exact) mass is 630 g/mol. The molecule has 2 saturated heterocycles. The number of benzene rings is 2. The summed E-state index contributed by atoms with van der Waals surface area (Å²) in [6.45, 7) is 3.49. The number of imide groups is 2. The molecule has 0 radical (unpaired) electrons. The molecule has 6 rings (SSSR count). The summed E-state index contributed by atoms with van der Waals surface area (Å²) in [5.41, 5.74) is 2.91. The van der Waals surface area contributed by atoms with Gasteiger partial charge in [0.2, 0.25) is 11.8 Å². The Morgan fingerprint density at radius 3 is 2.23 bits per heavy atom. The summed E-state index contributed by atoms with van der Waals surface area (Å²) in [4.78, 5) is 53.6. The molecule has 2 aromatic rings. The fourth-order valence-electron chi connectivity index (χ4n) is 7.11. The zero-order chi connectivity index (χ0) is 28.0. The van der Waals surface area contributed by atoms with E-state index < -0.39 is 45.2 Å². The average molecular weight is 632 g/mol. The lowest BCUT2D eigenvalue weighted by atomic mass is 9.56. The van der Waals surface area contributed by atoms with Gasteiger partial charge in [-0.1, -0.05) is 57.9 Å². The summed E-state index contributed by atoms with van der Waals surface area (Å²) < 4.78 is 0. The molecule has 4 amide bonds. The molecule has 2 aliphatic heterocycles. The minimum absolute atomic E-state index is 0.0622. The van der Waals surface area contributed by atoms with Crippen molar-refractivity contribution in [1.82, 2.24) is 4.90 Å². The summed E-state index contributed by atoms with van der Waals surface area (Å²) in [5.74, 6) is -4.58. The van der Waals surface area contributed by atoms with E-state index in [1.807, 2.05) is 12.1 Å². The lowest BCUT2D eigenvalue weighted by Gasteiger charge is -2.51. The summed E-state index contributed by atoms with van der Waals surface area (Å²) in [6.07, 6.45) is 2.14.